The average molecular weight is 303 g/mol. The van der Waals surface area contributed by atoms with Crippen LogP contribution in [-0.4, -0.2) is 60.3 Å². The molecule has 2 fully saturated rings. The molecule has 3 rings (SSSR count). The molecule has 1 aromatic carbocycles. The van der Waals surface area contributed by atoms with Gasteiger partial charge >= 0.3 is 6.09 Å². The van der Waals surface area contributed by atoms with Crippen molar-refractivity contribution in [1.82, 2.24) is 9.80 Å². The molecular weight excluding hydrogens is 278 g/mol. The van der Waals surface area contributed by atoms with Crippen molar-refractivity contribution in [3.05, 3.63) is 29.8 Å². The maximum atomic E-state index is 10.9. The second kappa shape index (κ2) is 7.01. The van der Waals surface area contributed by atoms with Gasteiger partial charge in [-0.25, -0.2) is 4.79 Å². The van der Waals surface area contributed by atoms with E-state index in [-0.39, 0.29) is 0 Å². The summed E-state index contributed by atoms with van der Waals surface area (Å²) in [6.07, 6.45) is 3.14. The van der Waals surface area contributed by atoms with E-state index < -0.39 is 6.09 Å². The molecule has 1 amide bonds. The van der Waals surface area contributed by atoms with Crippen molar-refractivity contribution in [2.75, 3.05) is 44.2 Å². The number of hydrogen-bond donors (Lipinski definition) is 1. The highest BCUT2D eigenvalue weighted by molar-refractivity contribution is 5.65. The van der Waals surface area contributed by atoms with E-state index in [0.717, 1.165) is 19.6 Å². The number of piperidine rings is 1. The Balaban J connectivity index is 1.58. The lowest BCUT2D eigenvalue weighted by Crippen LogP contribution is -2.47. The Kier molecular flexibility index (Phi) is 4.83. The second-order valence-electron chi connectivity index (χ2n) is 6.26. The number of benzene rings is 1. The van der Waals surface area contributed by atoms with Gasteiger partial charge in [0.1, 0.15) is 0 Å². The van der Waals surface area contributed by atoms with Crippen LogP contribution in [-0.2, 0) is 6.54 Å². The lowest BCUT2D eigenvalue weighted by atomic mass is 10.1. The van der Waals surface area contributed by atoms with Crippen LogP contribution in [0.3, 0.4) is 0 Å². The predicted molar refractivity (Wildman–Crippen MR) is 87.4 cm³/mol. The van der Waals surface area contributed by atoms with Crippen molar-refractivity contribution >= 4 is 11.8 Å². The highest BCUT2D eigenvalue weighted by Crippen LogP contribution is 2.21. The highest BCUT2D eigenvalue weighted by Gasteiger charge is 2.20. The van der Waals surface area contributed by atoms with Gasteiger partial charge in [0.05, 0.1) is 0 Å². The minimum absolute atomic E-state index is 0.612. The topological polar surface area (TPSA) is 47.0 Å². The third-order valence-electron chi connectivity index (χ3n) is 4.68. The van der Waals surface area contributed by atoms with Crippen LogP contribution in [0.15, 0.2) is 24.3 Å². The Bertz CT molecular complexity index is 506. The van der Waals surface area contributed by atoms with Crippen molar-refractivity contribution in [3.63, 3.8) is 0 Å². The summed E-state index contributed by atoms with van der Waals surface area (Å²) in [5.41, 5.74) is 2.66. The van der Waals surface area contributed by atoms with Crippen LogP contribution in [0.5, 0.6) is 0 Å². The summed E-state index contributed by atoms with van der Waals surface area (Å²) in [5.74, 6) is 0. The van der Waals surface area contributed by atoms with Crippen molar-refractivity contribution in [3.8, 4) is 0 Å². The van der Waals surface area contributed by atoms with E-state index in [2.05, 4.69) is 34.1 Å². The number of anilines is 1. The molecule has 0 spiro atoms. The van der Waals surface area contributed by atoms with E-state index in [9.17, 15) is 4.79 Å². The van der Waals surface area contributed by atoms with E-state index in [0.29, 0.717) is 13.1 Å². The van der Waals surface area contributed by atoms with Gasteiger partial charge in [0.25, 0.3) is 0 Å². The van der Waals surface area contributed by atoms with Crippen molar-refractivity contribution in [2.45, 2.75) is 25.8 Å². The summed E-state index contributed by atoms with van der Waals surface area (Å²) in [5, 5.41) is 9.00. The third kappa shape index (κ3) is 3.71. The summed E-state index contributed by atoms with van der Waals surface area (Å²) in [7, 11) is 0. The molecule has 1 aromatic rings. The molecule has 5 heteroatoms. The summed E-state index contributed by atoms with van der Waals surface area (Å²) in [6, 6.07) is 8.83. The summed E-state index contributed by atoms with van der Waals surface area (Å²) in [6.45, 7) is 6.11. The molecule has 0 bridgehead atoms. The van der Waals surface area contributed by atoms with Crippen LogP contribution in [0.25, 0.3) is 0 Å². The Labute approximate surface area is 132 Å². The number of hydrogen-bond acceptors (Lipinski definition) is 3. The molecule has 2 aliphatic heterocycles. The molecule has 2 heterocycles. The fourth-order valence-corrected chi connectivity index (χ4v) is 3.36. The molecule has 0 aliphatic carbocycles. The van der Waals surface area contributed by atoms with Crippen LogP contribution in [0.2, 0.25) is 0 Å². The molecule has 22 heavy (non-hydrogen) atoms. The standard InChI is InChI=1S/C17H25N3O2/c21-17(22)20-11-9-18(10-12-20)14-15-5-4-6-16(13-15)19-7-2-1-3-8-19/h4-6,13H,1-3,7-12,14H2,(H,21,22). The minimum atomic E-state index is -0.799. The van der Waals surface area contributed by atoms with Crippen LogP contribution < -0.4 is 4.90 Å². The first kappa shape index (κ1) is 15.2. The zero-order chi connectivity index (χ0) is 15.4. The van der Waals surface area contributed by atoms with Gasteiger partial charge in [0.2, 0.25) is 0 Å². The Morgan fingerprint density at radius 2 is 1.73 bits per heavy atom. The van der Waals surface area contributed by atoms with Gasteiger partial charge in [-0.2, -0.15) is 0 Å². The van der Waals surface area contributed by atoms with Crippen molar-refractivity contribution in [1.29, 1.82) is 0 Å². The lowest BCUT2D eigenvalue weighted by Gasteiger charge is -2.33. The first-order chi connectivity index (χ1) is 10.7. The number of rotatable bonds is 3. The maximum absolute atomic E-state index is 10.9. The summed E-state index contributed by atoms with van der Waals surface area (Å²) >= 11 is 0. The van der Waals surface area contributed by atoms with Crippen LogP contribution in [0.4, 0.5) is 10.5 Å². The average Bonchev–Trinajstić information content (AvgIpc) is 2.56. The molecule has 2 saturated heterocycles. The monoisotopic (exact) mass is 303 g/mol. The molecule has 0 atom stereocenters. The molecule has 2 aliphatic rings. The lowest BCUT2D eigenvalue weighted by molar-refractivity contribution is 0.103. The fraction of sp³-hybridized carbons (Fsp3) is 0.588. The Morgan fingerprint density at radius 3 is 2.41 bits per heavy atom. The van der Waals surface area contributed by atoms with E-state index in [4.69, 9.17) is 5.11 Å². The molecular formula is C17H25N3O2. The van der Waals surface area contributed by atoms with Gasteiger partial charge in [-0.05, 0) is 37.0 Å². The molecule has 0 radical (unpaired) electrons. The van der Waals surface area contributed by atoms with E-state index in [1.165, 1.54) is 48.5 Å². The summed E-state index contributed by atoms with van der Waals surface area (Å²) in [4.78, 5) is 17.3. The van der Waals surface area contributed by atoms with E-state index in [1.54, 1.807) is 0 Å². The van der Waals surface area contributed by atoms with Crippen molar-refractivity contribution in [2.24, 2.45) is 0 Å². The van der Waals surface area contributed by atoms with Crippen LogP contribution in [0, 0.1) is 0 Å². The third-order valence-corrected chi connectivity index (χ3v) is 4.68. The largest absolute Gasteiger partial charge is 0.465 e. The van der Waals surface area contributed by atoms with Crippen LogP contribution >= 0.6 is 0 Å². The predicted octanol–water partition coefficient (Wildman–Crippen LogP) is 2.47. The molecule has 0 unspecified atom stereocenters. The molecule has 120 valence electrons. The molecule has 1 N–H and O–H groups in total. The van der Waals surface area contributed by atoms with E-state index >= 15 is 0 Å². The number of amides is 1. The Morgan fingerprint density at radius 1 is 1.00 bits per heavy atom. The highest BCUT2D eigenvalue weighted by atomic mass is 16.4. The quantitative estimate of drug-likeness (QED) is 0.932. The smallest absolute Gasteiger partial charge is 0.407 e. The number of carboxylic acid groups (broad SMARTS) is 1. The zero-order valence-electron chi connectivity index (χ0n) is 13.1. The SMILES string of the molecule is O=C(O)N1CCN(Cc2cccc(N3CCCCC3)c2)CC1. The Hall–Kier alpha value is -1.75. The van der Waals surface area contributed by atoms with Gasteiger partial charge in [0.15, 0.2) is 0 Å². The second-order valence-corrected chi connectivity index (χ2v) is 6.26. The minimum Gasteiger partial charge on any atom is -0.465 e. The maximum Gasteiger partial charge on any atom is 0.407 e. The van der Waals surface area contributed by atoms with Crippen molar-refractivity contribution < 1.29 is 9.90 Å². The van der Waals surface area contributed by atoms with Gasteiger partial charge in [-0.15, -0.1) is 0 Å². The first-order valence-corrected chi connectivity index (χ1v) is 8.26. The number of carbonyl (C=O) groups is 1. The zero-order valence-corrected chi connectivity index (χ0v) is 13.1. The molecule has 0 aromatic heterocycles. The number of piperazine rings is 1. The first-order valence-electron chi connectivity index (χ1n) is 8.26. The van der Waals surface area contributed by atoms with Gasteiger partial charge < -0.3 is 14.9 Å². The summed E-state index contributed by atoms with van der Waals surface area (Å²) < 4.78 is 0. The van der Waals surface area contributed by atoms with Crippen LogP contribution in [0.1, 0.15) is 24.8 Å². The van der Waals surface area contributed by atoms with Gasteiger partial charge in [-0.3, -0.25) is 4.90 Å². The van der Waals surface area contributed by atoms with Gasteiger partial charge in [0, 0.05) is 51.5 Å². The fourth-order valence-electron chi connectivity index (χ4n) is 3.36. The molecule has 0 saturated carbocycles. The normalized spacial score (nSPS) is 20.2. The number of nitrogens with zero attached hydrogens (tertiary/aromatic N) is 3. The molecule has 5 nitrogen and oxygen atoms in total. The van der Waals surface area contributed by atoms with Gasteiger partial charge in [-0.1, -0.05) is 12.1 Å². The van der Waals surface area contributed by atoms with E-state index in [1.807, 2.05) is 0 Å².